The molecule has 0 aromatic heterocycles. The van der Waals surface area contributed by atoms with Crippen LogP contribution < -0.4 is 11.1 Å². The molecule has 0 spiro atoms. The summed E-state index contributed by atoms with van der Waals surface area (Å²) < 4.78 is 0. The Labute approximate surface area is 125 Å². The van der Waals surface area contributed by atoms with E-state index in [1.807, 2.05) is 19.1 Å². The molecule has 1 aromatic carbocycles. The predicted molar refractivity (Wildman–Crippen MR) is 82.8 cm³/mol. The van der Waals surface area contributed by atoms with Crippen LogP contribution in [0.15, 0.2) is 18.2 Å². The molecule has 0 aliphatic heterocycles. The molecule has 4 nitrogen and oxygen atoms in total. The van der Waals surface area contributed by atoms with Gasteiger partial charge >= 0.3 is 0 Å². The van der Waals surface area contributed by atoms with Gasteiger partial charge in [0, 0.05) is 17.2 Å². The molecule has 0 radical (unpaired) electrons. The van der Waals surface area contributed by atoms with Crippen LogP contribution in [-0.2, 0) is 0 Å². The van der Waals surface area contributed by atoms with E-state index < -0.39 is 0 Å². The zero-order chi connectivity index (χ0) is 15.2. The molecule has 0 heterocycles. The van der Waals surface area contributed by atoms with Crippen LogP contribution in [0.1, 0.15) is 47.2 Å². The third kappa shape index (κ3) is 4.32. The lowest BCUT2D eigenvalue weighted by atomic mass is 9.93. The first-order valence-electron chi connectivity index (χ1n) is 7.38. The van der Waals surface area contributed by atoms with E-state index in [9.17, 15) is 9.90 Å². The number of benzene rings is 1. The first kappa shape index (κ1) is 15.6. The van der Waals surface area contributed by atoms with Gasteiger partial charge in [-0.2, -0.15) is 0 Å². The summed E-state index contributed by atoms with van der Waals surface area (Å²) in [6.07, 6.45) is 2.99. The van der Waals surface area contributed by atoms with Gasteiger partial charge in [0.25, 0.3) is 5.91 Å². The highest BCUT2D eigenvalue weighted by Gasteiger charge is 2.21. The molecular formula is C17H22N2O2. The molecule has 1 fully saturated rings. The zero-order valence-corrected chi connectivity index (χ0v) is 12.4. The largest absolute Gasteiger partial charge is 0.393 e. The number of nitrogens with one attached hydrogen (secondary N) is 1. The third-order valence-electron chi connectivity index (χ3n) is 3.85. The van der Waals surface area contributed by atoms with E-state index in [0.717, 1.165) is 36.8 Å². The van der Waals surface area contributed by atoms with Crippen molar-refractivity contribution in [1.29, 1.82) is 0 Å². The van der Waals surface area contributed by atoms with Gasteiger partial charge in [-0.1, -0.05) is 11.8 Å². The minimum atomic E-state index is -0.208. The van der Waals surface area contributed by atoms with Crippen molar-refractivity contribution >= 4 is 5.91 Å². The molecular weight excluding hydrogens is 264 g/mol. The van der Waals surface area contributed by atoms with Gasteiger partial charge in [-0.05, 0) is 56.4 Å². The number of aliphatic hydroxyl groups is 1. The van der Waals surface area contributed by atoms with Crippen LogP contribution in [0.5, 0.6) is 0 Å². The van der Waals surface area contributed by atoms with Crippen molar-refractivity contribution in [2.45, 2.75) is 44.8 Å². The maximum Gasteiger partial charge on any atom is 0.251 e. The Morgan fingerprint density at radius 2 is 2.10 bits per heavy atom. The van der Waals surface area contributed by atoms with E-state index in [1.54, 1.807) is 6.07 Å². The van der Waals surface area contributed by atoms with Gasteiger partial charge in [-0.15, -0.1) is 0 Å². The molecule has 1 aliphatic rings. The van der Waals surface area contributed by atoms with Crippen LogP contribution in [0.4, 0.5) is 0 Å². The van der Waals surface area contributed by atoms with Crippen LogP contribution in [0.2, 0.25) is 0 Å². The normalized spacial score (nSPS) is 21.3. The average molecular weight is 286 g/mol. The van der Waals surface area contributed by atoms with Crippen molar-refractivity contribution in [3.63, 3.8) is 0 Å². The van der Waals surface area contributed by atoms with E-state index in [-0.39, 0.29) is 18.1 Å². The Morgan fingerprint density at radius 1 is 1.38 bits per heavy atom. The minimum absolute atomic E-state index is 0.0576. The van der Waals surface area contributed by atoms with Gasteiger partial charge in [-0.25, -0.2) is 0 Å². The summed E-state index contributed by atoms with van der Waals surface area (Å²) in [4.78, 5) is 12.2. The molecule has 0 unspecified atom stereocenters. The summed E-state index contributed by atoms with van der Waals surface area (Å²) in [6, 6.07) is 5.67. The topological polar surface area (TPSA) is 75.3 Å². The second-order valence-electron chi connectivity index (χ2n) is 5.51. The third-order valence-corrected chi connectivity index (χ3v) is 3.85. The second-order valence-corrected chi connectivity index (χ2v) is 5.51. The molecule has 1 saturated carbocycles. The van der Waals surface area contributed by atoms with Crippen LogP contribution in [0.25, 0.3) is 0 Å². The predicted octanol–water partition coefficient (Wildman–Crippen LogP) is 1.34. The monoisotopic (exact) mass is 286 g/mol. The first-order chi connectivity index (χ1) is 10.1. The van der Waals surface area contributed by atoms with Gasteiger partial charge < -0.3 is 16.2 Å². The maximum absolute atomic E-state index is 12.2. The molecule has 4 heteroatoms. The van der Waals surface area contributed by atoms with Crippen LogP contribution in [-0.4, -0.2) is 29.7 Å². The number of aryl methyl sites for hydroxylation is 1. The summed E-state index contributed by atoms with van der Waals surface area (Å²) >= 11 is 0. The molecule has 1 amide bonds. The number of hydrogen-bond acceptors (Lipinski definition) is 3. The number of amides is 1. The number of hydrogen-bond donors (Lipinski definition) is 3. The number of carbonyl (C=O) groups excluding carboxylic acids is 1. The second kappa shape index (κ2) is 7.26. The van der Waals surface area contributed by atoms with Crippen LogP contribution in [0, 0.1) is 18.8 Å². The van der Waals surface area contributed by atoms with Crippen molar-refractivity contribution in [1.82, 2.24) is 5.32 Å². The Kier molecular flexibility index (Phi) is 5.38. The first-order valence-corrected chi connectivity index (χ1v) is 7.38. The molecule has 0 bridgehead atoms. The highest BCUT2D eigenvalue weighted by Crippen LogP contribution is 2.19. The summed E-state index contributed by atoms with van der Waals surface area (Å²) in [5, 5.41) is 12.5. The number of aliphatic hydroxyl groups excluding tert-OH is 1. The summed E-state index contributed by atoms with van der Waals surface area (Å²) in [7, 11) is 0. The van der Waals surface area contributed by atoms with Crippen LogP contribution >= 0.6 is 0 Å². The van der Waals surface area contributed by atoms with E-state index in [4.69, 9.17) is 5.73 Å². The summed E-state index contributed by atoms with van der Waals surface area (Å²) in [6.45, 7) is 2.27. The van der Waals surface area contributed by atoms with Gasteiger partial charge in [0.2, 0.25) is 0 Å². The fourth-order valence-electron chi connectivity index (χ4n) is 2.58. The molecule has 21 heavy (non-hydrogen) atoms. The lowest BCUT2D eigenvalue weighted by molar-refractivity contribution is 0.0867. The van der Waals surface area contributed by atoms with Crippen LogP contribution in [0.3, 0.4) is 0 Å². The molecule has 1 aliphatic carbocycles. The zero-order valence-electron chi connectivity index (χ0n) is 12.4. The highest BCUT2D eigenvalue weighted by molar-refractivity contribution is 5.94. The van der Waals surface area contributed by atoms with Crippen molar-refractivity contribution in [3.05, 3.63) is 34.9 Å². The van der Waals surface area contributed by atoms with Crippen molar-refractivity contribution in [2.24, 2.45) is 5.73 Å². The van der Waals surface area contributed by atoms with E-state index in [1.165, 1.54) is 0 Å². The Morgan fingerprint density at radius 3 is 2.71 bits per heavy atom. The summed E-state index contributed by atoms with van der Waals surface area (Å²) in [5.74, 6) is 5.75. The number of nitrogens with two attached hydrogens (primary N) is 1. The molecule has 1 aromatic rings. The fraction of sp³-hybridized carbons (Fsp3) is 0.471. The number of rotatable bonds is 2. The van der Waals surface area contributed by atoms with Crippen molar-refractivity contribution in [2.75, 3.05) is 6.54 Å². The molecule has 2 rings (SSSR count). The standard InChI is InChI=1S/C17H22N2O2/c1-12-11-14(5-4-13(12)3-2-10-18)17(21)19-15-6-8-16(20)9-7-15/h4-5,11,15-16,20H,6-10,18H2,1H3,(H,19,21). The molecule has 112 valence electrons. The van der Waals surface area contributed by atoms with E-state index in [2.05, 4.69) is 17.2 Å². The average Bonchev–Trinajstić information content (AvgIpc) is 2.48. The SMILES string of the molecule is Cc1cc(C(=O)NC2CCC(O)CC2)ccc1C#CCN. The van der Waals surface area contributed by atoms with E-state index >= 15 is 0 Å². The van der Waals surface area contributed by atoms with Crippen molar-refractivity contribution in [3.8, 4) is 11.8 Å². The Bertz CT molecular complexity index is 564. The van der Waals surface area contributed by atoms with Gasteiger partial charge in [-0.3, -0.25) is 4.79 Å². The van der Waals surface area contributed by atoms with E-state index in [0.29, 0.717) is 12.1 Å². The molecule has 4 N–H and O–H groups in total. The lowest BCUT2D eigenvalue weighted by Gasteiger charge is -2.26. The Hall–Kier alpha value is -1.83. The molecule has 0 atom stereocenters. The van der Waals surface area contributed by atoms with Gasteiger partial charge in [0.1, 0.15) is 0 Å². The number of carbonyl (C=O) groups is 1. The smallest absolute Gasteiger partial charge is 0.251 e. The summed E-state index contributed by atoms with van der Waals surface area (Å²) in [5.41, 5.74) is 7.89. The quantitative estimate of drug-likeness (QED) is 0.718. The highest BCUT2D eigenvalue weighted by atomic mass is 16.3. The molecule has 0 saturated heterocycles. The van der Waals surface area contributed by atoms with Gasteiger partial charge in [0.15, 0.2) is 0 Å². The van der Waals surface area contributed by atoms with Crippen molar-refractivity contribution < 1.29 is 9.90 Å². The van der Waals surface area contributed by atoms with Gasteiger partial charge in [0.05, 0.1) is 12.6 Å². The fourth-order valence-corrected chi connectivity index (χ4v) is 2.58. The lowest BCUT2D eigenvalue weighted by Crippen LogP contribution is -2.38. The Balaban J connectivity index is 2.01. The minimum Gasteiger partial charge on any atom is -0.393 e. The maximum atomic E-state index is 12.2.